The molecule has 11 rings (SSSR count). The zero-order chi connectivity index (χ0) is 23.9. The van der Waals surface area contributed by atoms with E-state index in [1.165, 1.54) is 65.4 Å². The van der Waals surface area contributed by atoms with Crippen molar-refractivity contribution in [3.63, 3.8) is 0 Å². The molecule has 37 heavy (non-hydrogen) atoms. The molecule has 3 aliphatic heterocycles. The van der Waals surface area contributed by atoms with Gasteiger partial charge in [-0.1, -0.05) is 48.5 Å². The summed E-state index contributed by atoms with van der Waals surface area (Å²) in [5.74, 6) is 6.70. The van der Waals surface area contributed by atoms with Crippen molar-refractivity contribution in [2.45, 2.75) is 37.5 Å². The van der Waals surface area contributed by atoms with Gasteiger partial charge in [-0.2, -0.15) is 0 Å². The second kappa shape index (κ2) is 6.42. The van der Waals surface area contributed by atoms with E-state index < -0.39 is 0 Å². The van der Waals surface area contributed by atoms with Crippen LogP contribution in [0, 0.1) is 17.8 Å². The molecule has 4 aliphatic carbocycles. The predicted octanol–water partition coefficient (Wildman–Crippen LogP) is 6.28. The highest BCUT2D eigenvalue weighted by atomic mass is 16.5. The van der Waals surface area contributed by atoms with Gasteiger partial charge in [-0.25, -0.2) is 0 Å². The summed E-state index contributed by atoms with van der Waals surface area (Å²) in [5.41, 5.74) is 9.03. The molecule has 0 aromatic heterocycles. The van der Waals surface area contributed by atoms with Crippen molar-refractivity contribution in [1.29, 1.82) is 0 Å². The summed E-state index contributed by atoms with van der Waals surface area (Å²) in [4.78, 5) is 2.48. The topological polar surface area (TPSA) is 21.7 Å². The molecule has 0 spiro atoms. The van der Waals surface area contributed by atoms with Crippen LogP contribution in [0.4, 0.5) is 17.1 Å². The Hall–Kier alpha value is -3.66. The van der Waals surface area contributed by atoms with Crippen LogP contribution in [0.3, 0.4) is 0 Å². The maximum Gasteiger partial charge on any atom is 0.256 e. The minimum Gasteiger partial charge on any atom is -0.458 e. The first-order valence-corrected chi connectivity index (χ1v) is 13.9. The lowest BCUT2D eigenvalue weighted by Crippen LogP contribution is -2.60. The molecular formula is C33H26BNO2. The second-order valence-corrected chi connectivity index (χ2v) is 12.3. The lowest BCUT2D eigenvalue weighted by atomic mass is 9.34. The Balaban J connectivity index is 1.32. The number of para-hydroxylation sites is 4. The molecule has 4 bridgehead atoms. The number of hydrogen-bond donors (Lipinski definition) is 0. The molecule has 2 atom stereocenters. The smallest absolute Gasteiger partial charge is 0.256 e. The van der Waals surface area contributed by atoms with Gasteiger partial charge in [0.15, 0.2) is 11.5 Å². The largest absolute Gasteiger partial charge is 0.458 e. The van der Waals surface area contributed by atoms with E-state index in [1.54, 1.807) is 0 Å². The molecule has 0 N–H and O–H groups in total. The number of ether oxygens (including phenoxy) is 2. The molecule has 178 valence electrons. The van der Waals surface area contributed by atoms with Gasteiger partial charge >= 0.3 is 0 Å². The molecule has 4 fully saturated rings. The van der Waals surface area contributed by atoms with Gasteiger partial charge < -0.3 is 14.4 Å². The first kappa shape index (κ1) is 19.5. The predicted molar refractivity (Wildman–Crippen MR) is 148 cm³/mol. The summed E-state index contributed by atoms with van der Waals surface area (Å²) in [6, 6.07) is 28.5. The van der Waals surface area contributed by atoms with E-state index in [0.29, 0.717) is 0 Å². The van der Waals surface area contributed by atoms with Crippen LogP contribution in [0.15, 0.2) is 78.9 Å². The Bertz CT molecular complexity index is 1660. The molecule has 4 heteroatoms. The van der Waals surface area contributed by atoms with Gasteiger partial charge in [0.05, 0.1) is 11.4 Å². The summed E-state index contributed by atoms with van der Waals surface area (Å²) >= 11 is 0. The number of fused-ring (bicyclic) bond motifs is 7. The fourth-order valence-corrected chi connectivity index (χ4v) is 9.42. The van der Waals surface area contributed by atoms with Crippen LogP contribution in [0.5, 0.6) is 23.0 Å². The number of benzene rings is 4. The number of rotatable bonds is 1. The van der Waals surface area contributed by atoms with Gasteiger partial charge in [0, 0.05) is 22.1 Å². The Morgan fingerprint density at radius 1 is 0.703 bits per heavy atom. The lowest BCUT2D eigenvalue weighted by molar-refractivity contribution is 0.224. The Kier molecular flexibility index (Phi) is 3.38. The fourth-order valence-electron chi connectivity index (χ4n) is 9.42. The standard InChI is InChI=1S/C33H26BNO2/c1-3-9-25-23(7-1)34-24-8-2-5-11-27(24)36-29-15-22(33-16-19-13-20(17-33)21(14-19)18-33)32-31(30(29)34)35(25)26-10-4-6-12-28(26)37-32/h1-12,15,19-21H,13-14,16-18H2. The van der Waals surface area contributed by atoms with E-state index in [4.69, 9.17) is 9.47 Å². The minimum absolute atomic E-state index is 0.137. The first-order valence-electron chi connectivity index (χ1n) is 13.9. The lowest BCUT2D eigenvalue weighted by Gasteiger charge is -2.46. The molecule has 0 radical (unpaired) electrons. The van der Waals surface area contributed by atoms with Crippen molar-refractivity contribution in [3.8, 4) is 23.0 Å². The van der Waals surface area contributed by atoms with Crippen molar-refractivity contribution >= 4 is 40.2 Å². The summed E-state index contributed by atoms with van der Waals surface area (Å²) in [7, 11) is 0. The van der Waals surface area contributed by atoms with Crippen LogP contribution in [0.1, 0.15) is 37.7 Å². The van der Waals surface area contributed by atoms with Crippen LogP contribution >= 0.6 is 0 Å². The van der Waals surface area contributed by atoms with Crippen molar-refractivity contribution in [2.24, 2.45) is 17.8 Å². The Morgan fingerprint density at radius 2 is 1.41 bits per heavy atom. The molecule has 0 saturated heterocycles. The van der Waals surface area contributed by atoms with Crippen LogP contribution in [0.2, 0.25) is 0 Å². The van der Waals surface area contributed by atoms with Gasteiger partial charge in [-0.05, 0) is 91.1 Å². The van der Waals surface area contributed by atoms with Gasteiger partial charge in [0.2, 0.25) is 0 Å². The van der Waals surface area contributed by atoms with Crippen LogP contribution in [0.25, 0.3) is 0 Å². The number of anilines is 3. The highest BCUT2D eigenvalue weighted by molar-refractivity contribution is 6.99. The van der Waals surface area contributed by atoms with Crippen molar-refractivity contribution < 1.29 is 9.47 Å². The molecule has 4 aromatic carbocycles. The monoisotopic (exact) mass is 479 g/mol. The number of hydrogen-bond acceptors (Lipinski definition) is 3. The SMILES string of the molecule is c1ccc2c(c1)Oc1cc(C34CC5CC(C3)C(C5)C4)c3c4c1B2c1ccccc1N4c1ccccc1O3. The maximum atomic E-state index is 6.98. The van der Waals surface area contributed by atoms with E-state index in [2.05, 4.69) is 83.8 Å². The zero-order valence-electron chi connectivity index (χ0n) is 20.6. The Morgan fingerprint density at radius 3 is 2.22 bits per heavy atom. The van der Waals surface area contributed by atoms with E-state index in [9.17, 15) is 0 Å². The molecule has 0 amide bonds. The van der Waals surface area contributed by atoms with Crippen LogP contribution in [-0.2, 0) is 5.41 Å². The summed E-state index contributed by atoms with van der Waals surface area (Å²) in [6.45, 7) is 0.137. The molecule has 2 unspecified atom stereocenters. The third kappa shape index (κ3) is 2.28. The third-order valence-electron chi connectivity index (χ3n) is 10.5. The maximum absolute atomic E-state index is 6.98. The minimum atomic E-state index is 0.137. The average molecular weight is 479 g/mol. The quantitative estimate of drug-likeness (QED) is 0.259. The van der Waals surface area contributed by atoms with E-state index >= 15 is 0 Å². The van der Waals surface area contributed by atoms with Crippen LogP contribution < -0.4 is 30.8 Å². The molecule has 4 saturated carbocycles. The van der Waals surface area contributed by atoms with E-state index in [1.807, 2.05) is 0 Å². The van der Waals surface area contributed by atoms with Gasteiger partial charge in [-0.15, -0.1) is 0 Å². The summed E-state index contributed by atoms with van der Waals surface area (Å²) in [5, 5.41) is 0. The van der Waals surface area contributed by atoms with Crippen LogP contribution in [-0.4, -0.2) is 6.71 Å². The normalized spacial score (nSPS) is 28.2. The first-order chi connectivity index (χ1) is 18.3. The van der Waals surface area contributed by atoms with E-state index in [0.717, 1.165) is 46.4 Å². The van der Waals surface area contributed by atoms with Gasteiger partial charge in [-0.3, -0.25) is 0 Å². The molecule has 4 aromatic rings. The highest BCUT2D eigenvalue weighted by Crippen LogP contribution is 2.67. The van der Waals surface area contributed by atoms with Gasteiger partial charge in [0.1, 0.15) is 11.5 Å². The Labute approximate surface area is 217 Å². The highest BCUT2D eigenvalue weighted by Gasteiger charge is 2.58. The summed E-state index contributed by atoms with van der Waals surface area (Å²) < 4.78 is 13.8. The number of nitrogens with zero attached hydrogens (tertiary/aromatic N) is 1. The molecule has 3 nitrogen and oxygen atoms in total. The van der Waals surface area contributed by atoms with E-state index in [-0.39, 0.29) is 12.1 Å². The third-order valence-corrected chi connectivity index (χ3v) is 10.5. The van der Waals surface area contributed by atoms with Gasteiger partial charge in [0.25, 0.3) is 6.71 Å². The average Bonchev–Trinajstić information content (AvgIpc) is 3.36. The molecule has 7 aliphatic rings. The molecule has 3 heterocycles. The van der Waals surface area contributed by atoms with Crippen molar-refractivity contribution in [2.75, 3.05) is 4.90 Å². The van der Waals surface area contributed by atoms with Crippen molar-refractivity contribution in [1.82, 2.24) is 0 Å². The summed E-state index contributed by atoms with van der Waals surface area (Å²) in [6.07, 6.45) is 6.79. The fraction of sp³-hybridized carbons (Fsp3) is 0.273. The second-order valence-electron chi connectivity index (χ2n) is 12.3. The zero-order valence-corrected chi connectivity index (χ0v) is 20.6. The molecular weight excluding hydrogens is 453 g/mol. The van der Waals surface area contributed by atoms with Crippen molar-refractivity contribution in [3.05, 3.63) is 84.4 Å².